The van der Waals surface area contributed by atoms with E-state index in [-0.39, 0.29) is 17.9 Å². The molecule has 2 heterocycles. The maximum Gasteiger partial charge on any atom is 0.261 e. The van der Waals surface area contributed by atoms with Crippen LogP contribution in [0.25, 0.3) is 0 Å². The second-order valence-electron chi connectivity index (χ2n) is 6.02. The minimum Gasteiger partial charge on any atom is -0.347 e. The van der Waals surface area contributed by atoms with Gasteiger partial charge in [-0.1, -0.05) is 30.3 Å². The van der Waals surface area contributed by atoms with Crippen LogP contribution in [0.4, 0.5) is 5.00 Å². The van der Waals surface area contributed by atoms with Gasteiger partial charge in [0.1, 0.15) is 0 Å². The number of thiophene rings is 1. The molecule has 24 heavy (non-hydrogen) atoms. The van der Waals surface area contributed by atoms with Gasteiger partial charge in [-0.2, -0.15) is 0 Å². The van der Waals surface area contributed by atoms with Gasteiger partial charge in [0.15, 0.2) is 0 Å². The summed E-state index contributed by atoms with van der Waals surface area (Å²) < 4.78 is 0. The van der Waals surface area contributed by atoms with E-state index in [1.54, 1.807) is 12.1 Å². The maximum atomic E-state index is 12.3. The van der Waals surface area contributed by atoms with Gasteiger partial charge in [0.2, 0.25) is 5.91 Å². The molecule has 1 aliphatic heterocycles. The van der Waals surface area contributed by atoms with Crippen LogP contribution in [0, 0.1) is 0 Å². The molecule has 0 aliphatic carbocycles. The molecule has 0 spiro atoms. The monoisotopic (exact) mass is 343 g/mol. The predicted octanol–water partition coefficient (Wildman–Crippen LogP) is 2.71. The number of rotatable bonds is 5. The van der Waals surface area contributed by atoms with E-state index in [9.17, 15) is 9.59 Å². The Morgan fingerprint density at radius 1 is 1.21 bits per heavy atom. The molecule has 126 valence electrons. The van der Waals surface area contributed by atoms with Crippen molar-refractivity contribution in [1.29, 1.82) is 0 Å². The third-order valence-electron chi connectivity index (χ3n) is 3.99. The highest BCUT2D eigenvalue weighted by atomic mass is 32.1. The summed E-state index contributed by atoms with van der Waals surface area (Å²) in [4.78, 5) is 26.4. The number of carbonyl (C=O) groups excluding carboxylic acids is 2. The Morgan fingerprint density at radius 2 is 2.00 bits per heavy atom. The number of hydrogen-bond acceptors (Lipinski definition) is 4. The topological polar surface area (TPSA) is 61.4 Å². The van der Waals surface area contributed by atoms with Gasteiger partial charge in [0.25, 0.3) is 5.91 Å². The van der Waals surface area contributed by atoms with Gasteiger partial charge >= 0.3 is 0 Å². The van der Waals surface area contributed by atoms with Gasteiger partial charge in [0, 0.05) is 32.6 Å². The standard InChI is InChI=1S/C18H21N3O2S/c1-13(22)19-17-8-7-16(24-17)18(23)20-15-9-10-21(12-15)11-14-5-3-2-4-6-14/h2-8,15H,9-12H2,1H3,(H,19,22)(H,20,23). The summed E-state index contributed by atoms with van der Waals surface area (Å²) in [7, 11) is 0. The summed E-state index contributed by atoms with van der Waals surface area (Å²) in [6.07, 6.45) is 0.961. The number of carbonyl (C=O) groups is 2. The van der Waals surface area contributed by atoms with Crippen molar-refractivity contribution in [2.45, 2.75) is 25.9 Å². The quantitative estimate of drug-likeness (QED) is 0.877. The molecule has 0 bridgehead atoms. The Kier molecular flexibility index (Phi) is 5.27. The highest BCUT2D eigenvalue weighted by Crippen LogP contribution is 2.22. The highest BCUT2D eigenvalue weighted by Gasteiger charge is 2.24. The fraction of sp³-hybridized carbons (Fsp3) is 0.333. The highest BCUT2D eigenvalue weighted by molar-refractivity contribution is 7.18. The van der Waals surface area contributed by atoms with Crippen LogP contribution in [0.15, 0.2) is 42.5 Å². The molecule has 2 aromatic rings. The van der Waals surface area contributed by atoms with Crippen LogP contribution >= 0.6 is 11.3 Å². The molecule has 5 nitrogen and oxygen atoms in total. The van der Waals surface area contributed by atoms with Gasteiger partial charge in [-0.25, -0.2) is 0 Å². The van der Waals surface area contributed by atoms with Crippen molar-refractivity contribution < 1.29 is 9.59 Å². The summed E-state index contributed by atoms with van der Waals surface area (Å²) in [5.41, 5.74) is 1.29. The Hall–Kier alpha value is -2.18. The summed E-state index contributed by atoms with van der Waals surface area (Å²) in [5.74, 6) is -0.195. The zero-order valence-electron chi connectivity index (χ0n) is 13.6. The van der Waals surface area contributed by atoms with Crippen molar-refractivity contribution in [3.8, 4) is 0 Å². The van der Waals surface area contributed by atoms with Crippen LogP contribution in [0.3, 0.4) is 0 Å². The van der Waals surface area contributed by atoms with Crippen molar-refractivity contribution in [3.05, 3.63) is 52.9 Å². The predicted molar refractivity (Wildman–Crippen MR) is 96.2 cm³/mol. The molecule has 1 aliphatic rings. The van der Waals surface area contributed by atoms with Crippen LogP contribution < -0.4 is 10.6 Å². The summed E-state index contributed by atoms with van der Waals surface area (Å²) in [5, 5.41) is 6.49. The van der Waals surface area contributed by atoms with Crippen LogP contribution in [-0.2, 0) is 11.3 Å². The number of hydrogen-bond donors (Lipinski definition) is 2. The van der Waals surface area contributed by atoms with E-state index in [1.807, 2.05) is 18.2 Å². The first kappa shape index (κ1) is 16.7. The molecule has 3 rings (SSSR count). The molecule has 0 saturated carbocycles. The maximum absolute atomic E-state index is 12.3. The first-order valence-corrected chi connectivity index (χ1v) is 8.86. The molecule has 1 fully saturated rings. The van der Waals surface area contributed by atoms with Crippen LogP contribution in [0.5, 0.6) is 0 Å². The molecular formula is C18H21N3O2S. The number of benzene rings is 1. The zero-order valence-corrected chi connectivity index (χ0v) is 14.4. The molecule has 1 aromatic heterocycles. The van der Waals surface area contributed by atoms with Crippen LogP contribution in [-0.4, -0.2) is 35.8 Å². The largest absolute Gasteiger partial charge is 0.347 e. The number of nitrogens with zero attached hydrogens (tertiary/aromatic N) is 1. The van der Waals surface area contributed by atoms with Crippen molar-refractivity contribution in [3.63, 3.8) is 0 Å². The van der Waals surface area contributed by atoms with Crippen molar-refractivity contribution >= 4 is 28.2 Å². The smallest absolute Gasteiger partial charge is 0.261 e. The zero-order chi connectivity index (χ0) is 16.9. The Morgan fingerprint density at radius 3 is 2.75 bits per heavy atom. The van der Waals surface area contributed by atoms with E-state index in [1.165, 1.54) is 23.8 Å². The molecule has 1 saturated heterocycles. The lowest BCUT2D eigenvalue weighted by Crippen LogP contribution is -2.36. The lowest BCUT2D eigenvalue weighted by molar-refractivity contribution is -0.114. The van der Waals surface area contributed by atoms with Crippen molar-refractivity contribution in [1.82, 2.24) is 10.2 Å². The number of likely N-dealkylation sites (tertiary alicyclic amines) is 1. The SMILES string of the molecule is CC(=O)Nc1ccc(C(=O)NC2CCN(Cc3ccccc3)C2)s1. The summed E-state index contributed by atoms with van der Waals surface area (Å²) in [6, 6.07) is 14.1. The third-order valence-corrected chi connectivity index (χ3v) is 4.99. The average Bonchev–Trinajstić information content (AvgIpc) is 3.17. The molecule has 2 amide bonds. The van der Waals surface area contributed by atoms with E-state index in [0.717, 1.165) is 26.1 Å². The van der Waals surface area contributed by atoms with Crippen LogP contribution in [0.1, 0.15) is 28.6 Å². The molecule has 1 unspecified atom stereocenters. The number of amides is 2. The van der Waals surface area contributed by atoms with E-state index in [2.05, 4.69) is 27.7 Å². The lowest BCUT2D eigenvalue weighted by Gasteiger charge is -2.16. The number of nitrogens with one attached hydrogen (secondary N) is 2. The van der Waals surface area contributed by atoms with Gasteiger partial charge in [0.05, 0.1) is 9.88 Å². The van der Waals surface area contributed by atoms with Gasteiger partial charge in [-0.3, -0.25) is 14.5 Å². The first-order chi connectivity index (χ1) is 11.6. The average molecular weight is 343 g/mol. The number of anilines is 1. The molecule has 2 N–H and O–H groups in total. The molecule has 1 aromatic carbocycles. The summed E-state index contributed by atoms with van der Waals surface area (Å²) in [6.45, 7) is 4.23. The van der Waals surface area contributed by atoms with E-state index in [0.29, 0.717) is 9.88 Å². The normalized spacial score (nSPS) is 17.6. The Bertz CT molecular complexity index is 714. The fourth-order valence-electron chi connectivity index (χ4n) is 2.89. The second kappa shape index (κ2) is 7.59. The minimum absolute atomic E-state index is 0.0665. The molecular weight excluding hydrogens is 322 g/mol. The van der Waals surface area contributed by atoms with Crippen molar-refractivity contribution in [2.75, 3.05) is 18.4 Å². The lowest BCUT2D eigenvalue weighted by atomic mass is 10.2. The Balaban J connectivity index is 1.50. The van der Waals surface area contributed by atoms with E-state index < -0.39 is 0 Å². The van der Waals surface area contributed by atoms with Gasteiger partial charge in [-0.05, 0) is 24.1 Å². The second-order valence-corrected chi connectivity index (χ2v) is 7.11. The van der Waals surface area contributed by atoms with E-state index in [4.69, 9.17) is 0 Å². The minimum atomic E-state index is -0.129. The summed E-state index contributed by atoms with van der Waals surface area (Å²) >= 11 is 1.30. The fourth-order valence-corrected chi connectivity index (χ4v) is 3.75. The van der Waals surface area contributed by atoms with Gasteiger partial charge < -0.3 is 10.6 Å². The first-order valence-electron chi connectivity index (χ1n) is 8.05. The molecule has 1 atom stereocenters. The van der Waals surface area contributed by atoms with E-state index >= 15 is 0 Å². The Labute approximate surface area is 145 Å². The van der Waals surface area contributed by atoms with Gasteiger partial charge in [-0.15, -0.1) is 11.3 Å². The third kappa shape index (κ3) is 4.43. The van der Waals surface area contributed by atoms with Crippen molar-refractivity contribution in [2.24, 2.45) is 0 Å². The molecule has 6 heteroatoms. The molecule has 0 radical (unpaired) electrons. The van der Waals surface area contributed by atoms with Crippen LogP contribution in [0.2, 0.25) is 0 Å².